The maximum absolute atomic E-state index is 12.1. The lowest BCUT2D eigenvalue weighted by molar-refractivity contribution is 0.0762. The quantitative estimate of drug-likeness (QED) is 0.548. The Balaban J connectivity index is 2.46. The Bertz CT molecular complexity index is 532. The van der Waals surface area contributed by atoms with Crippen LogP contribution >= 0.6 is 15.9 Å². The van der Waals surface area contributed by atoms with Gasteiger partial charge in [-0.05, 0) is 44.9 Å². The molecule has 0 fully saturated rings. The summed E-state index contributed by atoms with van der Waals surface area (Å²) in [4.78, 5) is 0.110. The second-order valence-electron chi connectivity index (χ2n) is 4.71. The van der Waals surface area contributed by atoms with Crippen molar-refractivity contribution in [2.45, 2.75) is 37.7 Å². The van der Waals surface area contributed by atoms with E-state index < -0.39 is 10.0 Å². The molecule has 7 heteroatoms. The molecule has 5 nitrogen and oxygen atoms in total. The Labute approximate surface area is 129 Å². The highest BCUT2D eigenvalue weighted by molar-refractivity contribution is 9.10. The molecule has 0 spiro atoms. The number of anilines is 1. The van der Waals surface area contributed by atoms with E-state index in [4.69, 9.17) is 10.5 Å². The van der Waals surface area contributed by atoms with Gasteiger partial charge in [-0.25, -0.2) is 13.1 Å². The van der Waals surface area contributed by atoms with Gasteiger partial charge in [0, 0.05) is 17.6 Å². The maximum atomic E-state index is 12.1. The molecule has 1 aromatic rings. The van der Waals surface area contributed by atoms with Crippen molar-refractivity contribution in [1.29, 1.82) is 0 Å². The van der Waals surface area contributed by atoms with Crippen LogP contribution in [0.3, 0.4) is 0 Å². The number of hydrogen-bond donors (Lipinski definition) is 2. The first-order chi connectivity index (χ1) is 9.33. The predicted octanol–water partition coefficient (Wildman–Crippen LogP) is 2.51. The van der Waals surface area contributed by atoms with Crippen LogP contribution in [0.4, 0.5) is 5.69 Å². The molecular weight excluding hydrogens is 344 g/mol. The monoisotopic (exact) mass is 364 g/mol. The summed E-state index contributed by atoms with van der Waals surface area (Å²) in [7, 11) is -3.55. The smallest absolute Gasteiger partial charge is 0.242 e. The number of hydrogen-bond acceptors (Lipinski definition) is 4. The van der Waals surface area contributed by atoms with Crippen molar-refractivity contribution in [2.24, 2.45) is 0 Å². The zero-order valence-electron chi connectivity index (χ0n) is 11.7. The Morgan fingerprint density at radius 2 is 2.05 bits per heavy atom. The number of nitrogen functional groups attached to an aromatic ring is 1. The Morgan fingerprint density at radius 1 is 1.35 bits per heavy atom. The van der Waals surface area contributed by atoms with Gasteiger partial charge in [-0.15, -0.1) is 0 Å². The standard InChI is InChI=1S/C13H21BrN2O3S/c1-10(2)19-8-4-3-7-16-20(17,18)13-6-5-11(14)9-12(13)15/h5-6,9-10,16H,3-4,7-8,15H2,1-2H3. The van der Waals surface area contributed by atoms with Gasteiger partial charge in [-0.2, -0.15) is 0 Å². The number of nitrogens with one attached hydrogen (secondary N) is 1. The van der Waals surface area contributed by atoms with Crippen LogP contribution < -0.4 is 10.5 Å². The Kier molecular flexibility index (Phi) is 6.94. The number of benzene rings is 1. The van der Waals surface area contributed by atoms with E-state index >= 15 is 0 Å². The Hall–Kier alpha value is -0.630. The van der Waals surface area contributed by atoms with Crippen LogP contribution in [0.25, 0.3) is 0 Å². The fraction of sp³-hybridized carbons (Fsp3) is 0.538. The molecule has 0 aromatic heterocycles. The lowest BCUT2D eigenvalue weighted by Gasteiger charge is -2.10. The average molecular weight is 365 g/mol. The van der Waals surface area contributed by atoms with Gasteiger partial charge in [0.2, 0.25) is 10.0 Å². The second kappa shape index (κ2) is 7.97. The first-order valence-electron chi connectivity index (χ1n) is 6.49. The van der Waals surface area contributed by atoms with Crippen molar-refractivity contribution < 1.29 is 13.2 Å². The number of nitrogens with two attached hydrogens (primary N) is 1. The highest BCUT2D eigenvalue weighted by atomic mass is 79.9. The number of ether oxygens (including phenoxy) is 1. The van der Waals surface area contributed by atoms with E-state index in [0.29, 0.717) is 13.2 Å². The van der Waals surface area contributed by atoms with E-state index in [-0.39, 0.29) is 16.7 Å². The molecule has 20 heavy (non-hydrogen) atoms. The van der Waals surface area contributed by atoms with Crippen LogP contribution in [0.5, 0.6) is 0 Å². The molecule has 0 aliphatic rings. The van der Waals surface area contributed by atoms with Gasteiger partial charge in [-0.1, -0.05) is 15.9 Å². The van der Waals surface area contributed by atoms with Crippen LogP contribution in [0, 0.1) is 0 Å². The van der Waals surface area contributed by atoms with Crippen molar-refractivity contribution in [3.63, 3.8) is 0 Å². The molecule has 0 aliphatic carbocycles. The largest absolute Gasteiger partial charge is 0.398 e. The summed E-state index contributed by atoms with van der Waals surface area (Å²) < 4.78 is 32.8. The number of rotatable bonds is 8. The fourth-order valence-electron chi connectivity index (χ4n) is 1.59. The van der Waals surface area contributed by atoms with Crippen molar-refractivity contribution in [1.82, 2.24) is 4.72 Å². The van der Waals surface area contributed by atoms with Gasteiger partial charge < -0.3 is 10.5 Å². The zero-order valence-corrected chi connectivity index (χ0v) is 14.1. The highest BCUT2D eigenvalue weighted by Crippen LogP contribution is 2.22. The van der Waals surface area contributed by atoms with Gasteiger partial charge in [-0.3, -0.25) is 0 Å². The minimum atomic E-state index is -3.55. The van der Waals surface area contributed by atoms with Gasteiger partial charge in [0.15, 0.2) is 0 Å². The van der Waals surface area contributed by atoms with Crippen LogP contribution in [-0.2, 0) is 14.8 Å². The minimum Gasteiger partial charge on any atom is -0.398 e. The van der Waals surface area contributed by atoms with E-state index in [1.807, 2.05) is 13.8 Å². The number of unbranched alkanes of at least 4 members (excludes halogenated alkanes) is 1. The van der Waals surface area contributed by atoms with Crippen LogP contribution in [0.15, 0.2) is 27.6 Å². The minimum absolute atomic E-state index is 0.110. The molecule has 0 heterocycles. The molecule has 0 unspecified atom stereocenters. The van der Waals surface area contributed by atoms with E-state index in [1.54, 1.807) is 12.1 Å². The predicted molar refractivity (Wildman–Crippen MR) is 84.1 cm³/mol. The van der Waals surface area contributed by atoms with Crippen molar-refractivity contribution in [3.8, 4) is 0 Å². The lowest BCUT2D eigenvalue weighted by atomic mass is 10.3. The summed E-state index contributed by atoms with van der Waals surface area (Å²) in [6, 6.07) is 4.72. The highest BCUT2D eigenvalue weighted by Gasteiger charge is 2.16. The SMILES string of the molecule is CC(C)OCCCCNS(=O)(=O)c1ccc(Br)cc1N. The number of sulfonamides is 1. The molecule has 0 aliphatic heterocycles. The normalized spacial score (nSPS) is 12.0. The van der Waals surface area contributed by atoms with Crippen LogP contribution in [0.1, 0.15) is 26.7 Å². The van der Waals surface area contributed by atoms with Crippen LogP contribution in [0.2, 0.25) is 0 Å². The first kappa shape index (κ1) is 17.4. The van der Waals surface area contributed by atoms with Crippen molar-refractivity contribution in [2.75, 3.05) is 18.9 Å². The third-order valence-corrected chi connectivity index (χ3v) is 4.60. The van der Waals surface area contributed by atoms with Gasteiger partial charge in [0.25, 0.3) is 0 Å². The molecule has 0 atom stereocenters. The maximum Gasteiger partial charge on any atom is 0.242 e. The van der Waals surface area contributed by atoms with E-state index in [0.717, 1.165) is 17.3 Å². The molecule has 114 valence electrons. The van der Waals surface area contributed by atoms with Crippen molar-refractivity contribution >= 4 is 31.6 Å². The summed E-state index contributed by atoms with van der Waals surface area (Å²) in [5.41, 5.74) is 5.96. The first-order valence-corrected chi connectivity index (χ1v) is 8.77. The molecule has 1 aromatic carbocycles. The molecule has 0 saturated heterocycles. The summed E-state index contributed by atoms with van der Waals surface area (Å²) in [6.45, 7) is 4.96. The molecule has 0 amide bonds. The fourth-order valence-corrected chi connectivity index (χ4v) is 3.16. The summed E-state index contributed by atoms with van der Waals surface area (Å²) in [5, 5.41) is 0. The summed E-state index contributed by atoms with van der Waals surface area (Å²) in [6.07, 6.45) is 1.74. The Morgan fingerprint density at radius 3 is 2.65 bits per heavy atom. The molecule has 0 bridgehead atoms. The topological polar surface area (TPSA) is 81.4 Å². The summed E-state index contributed by atoms with van der Waals surface area (Å²) in [5.74, 6) is 0. The molecule has 1 rings (SSSR count). The second-order valence-corrected chi connectivity index (χ2v) is 7.36. The third kappa shape index (κ3) is 5.78. The summed E-state index contributed by atoms with van der Waals surface area (Å²) >= 11 is 3.25. The van der Waals surface area contributed by atoms with E-state index in [9.17, 15) is 8.42 Å². The van der Waals surface area contributed by atoms with Gasteiger partial charge in [0.1, 0.15) is 4.90 Å². The van der Waals surface area contributed by atoms with Crippen molar-refractivity contribution in [3.05, 3.63) is 22.7 Å². The number of halogens is 1. The molecule has 0 radical (unpaired) electrons. The van der Waals surface area contributed by atoms with Gasteiger partial charge >= 0.3 is 0 Å². The van der Waals surface area contributed by atoms with E-state index in [1.165, 1.54) is 6.07 Å². The third-order valence-electron chi connectivity index (χ3n) is 2.58. The van der Waals surface area contributed by atoms with Gasteiger partial charge in [0.05, 0.1) is 11.8 Å². The zero-order chi connectivity index (χ0) is 15.2. The molecule has 0 saturated carbocycles. The van der Waals surface area contributed by atoms with Crippen LogP contribution in [-0.4, -0.2) is 27.7 Å². The van der Waals surface area contributed by atoms with E-state index in [2.05, 4.69) is 20.7 Å². The average Bonchev–Trinajstić information content (AvgIpc) is 2.32. The molecular formula is C13H21BrN2O3S. The lowest BCUT2D eigenvalue weighted by Crippen LogP contribution is -2.25. The molecule has 3 N–H and O–H groups in total.